The van der Waals surface area contributed by atoms with Gasteiger partial charge in [-0.05, 0) is 32.1 Å². The summed E-state index contributed by atoms with van der Waals surface area (Å²) in [6.45, 7) is 4.86. The van der Waals surface area contributed by atoms with Crippen molar-refractivity contribution in [1.29, 1.82) is 0 Å². The Morgan fingerprint density at radius 2 is 2.08 bits per heavy atom. The van der Waals surface area contributed by atoms with Crippen molar-refractivity contribution in [3.63, 3.8) is 0 Å². The first-order valence-electron chi connectivity index (χ1n) is 5.03. The average molecular weight is 185 g/mol. The van der Waals surface area contributed by atoms with E-state index in [9.17, 15) is 9.18 Å². The van der Waals surface area contributed by atoms with Crippen LogP contribution in [-0.2, 0) is 4.79 Å². The van der Waals surface area contributed by atoms with Crippen LogP contribution in [-0.4, -0.2) is 29.1 Å². The molecule has 1 aliphatic carbocycles. The molecule has 1 amide bonds. The molecule has 13 heavy (non-hydrogen) atoms. The number of carbonyl (C=O) groups excluding carboxylic acids is 1. The average Bonchev–Trinajstić information content (AvgIpc) is 2.71. The van der Waals surface area contributed by atoms with Gasteiger partial charge in [0.1, 0.15) is 0 Å². The molecule has 2 atom stereocenters. The number of rotatable bonds is 1. The number of hydrogen-bond donors (Lipinski definition) is 0. The lowest BCUT2D eigenvalue weighted by Crippen LogP contribution is -2.40. The van der Waals surface area contributed by atoms with E-state index in [0.29, 0.717) is 18.8 Å². The lowest BCUT2D eigenvalue weighted by atomic mass is 10.1. The highest BCUT2D eigenvalue weighted by molar-refractivity contribution is 5.88. The van der Waals surface area contributed by atoms with Gasteiger partial charge in [0.25, 0.3) is 5.91 Å². The Kier molecular flexibility index (Phi) is 1.86. The smallest absolute Gasteiger partial charge is 0.260 e. The summed E-state index contributed by atoms with van der Waals surface area (Å²) in [5.74, 6) is 0.269. The maximum absolute atomic E-state index is 13.5. The van der Waals surface area contributed by atoms with E-state index in [1.54, 1.807) is 4.90 Å². The second-order valence-corrected chi connectivity index (χ2v) is 4.61. The van der Waals surface area contributed by atoms with Crippen LogP contribution < -0.4 is 0 Å². The monoisotopic (exact) mass is 185 g/mol. The van der Waals surface area contributed by atoms with Gasteiger partial charge in [-0.2, -0.15) is 0 Å². The van der Waals surface area contributed by atoms with Gasteiger partial charge in [0.15, 0.2) is 5.67 Å². The molecule has 1 saturated heterocycles. The molecule has 0 aromatic heterocycles. The van der Waals surface area contributed by atoms with Crippen LogP contribution in [0.5, 0.6) is 0 Å². The Labute approximate surface area is 78.1 Å². The van der Waals surface area contributed by atoms with Crippen molar-refractivity contribution in [1.82, 2.24) is 4.90 Å². The number of likely N-dealkylation sites (tertiary alicyclic amines) is 1. The Morgan fingerprint density at radius 1 is 1.46 bits per heavy atom. The lowest BCUT2D eigenvalue weighted by molar-refractivity contribution is -0.138. The highest BCUT2D eigenvalue weighted by Crippen LogP contribution is 2.43. The molecular weight excluding hydrogens is 169 g/mol. The maximum atomic E-state index is 13.5. The molecule has 3 heteroatoms. The summed E-state index contributed by atoms with van der Waals surface area (Å²) in [6.07, 6.45) is 1.88. The predicted molar refractivity (Wildman–Crippen MR) is 48.0 cm³/mol. The molecule has 0 radical (unpaired) electrons. The van der Waals surface area contributed by atoms with E-state index in [1.165, 1.54) is 0 Å². The SMILES string of the molecule is C[C@@H]1C[C@H](C)N(C(=O)C2(F)CC2)C1. The molecule has 1 heterocycles. The van der Waals surface area contributed by atoms with E-state index in [2.05, 4.69) is 6.92 Å². The minimum Gasteiger partial charge on any atom is -0.337 e. The molecule has 0 bridgehead atoms. The van der Waals surface area contributed by atoms with Crippen LogP contribution >= 0.6 is 0 Å². The minimum absolute atomic E-state index is 0.232. The zero-order valence-electron chi connectivity index (χ0n) is 8.22. The summed E-state index contributed by atoms with van der Waals surface area (Å²) in [5, 5.41) is 0. The van der Waals surface area contributed by atoms with Crippen LogP contribution in [0.2, 0.25) is 0 Å². The number of carbonyl (C=O) groups is 1. The maximum Gasteiger partial charge on any atom is 0.260 e. The van der Waals surface area contributed by atoms with Gasteiger partial charge >= 0.3 is 0 Å². The third-order valence-electron chi connectivity index (χ3n) is 3.12. The van der Waals surface area contributed by atoms with Crippen molar-refractivity contribution in [2.24, 2.45) is 5.92 Å². The Balaban J connectivity index is 2.04. The molecule has 2 rings (SSSR count). The normalized spacial score (nSPS) is 36.4. The summed E-state index contributed by atoms with van der Waals surface area (Å²) in [6, 6.07) is 0.232. The summed E-state index contributed by atoms with van der Waals surface area (Å²) >= 11 is 0. The van der Waals surface area contributed by atoms with E-state index in [1.807, 2.05) is 6.92 Å². The van der Waals surface area contributed by atoms with E-state index >= 15 is 0 Å². The van der Waals surface area contributed by atoms with Gasteiger partial charge in [-0.25, -0.2) is 4.39 Å². The van der Waals surface area contributed by atoms with E-state index in [-0.39, 0.29) is 11.9 Å². The highest BCUT2D eigenvalue weighted by atomic mass is 19.1. The number of alkyl halides is 1. The fourth-order valence-corrected chi connectivity index (χ4v) is 2.16. The summed E-state index contributed by atoms with van der Waals surface area (Å²) in [5.41, 5.74) is -1.47. The van der Waals surface area contributed by atoms with Crippen molar-refractivity contribution in [3.05, 3.63) is 0 Å². The number of amides is 1. The van der Waals surface area contributed by atoms with E-state index in [0.717, 1.165) is 13.0 Å². The van der Waals surface area contributed by atoms with Gasteiger partial charge < -0.3 is 4.90 Å². The Morgan fingerprint density at radius 3 is 2.46 bits per heavy atom. The van der Waals surface area contributed by atoms with Gasteiger partial charge in [0.05, 0.1) is 0 Å². The molecule has 0 spiro atoms. The van der Waals surface area contributed by atoms with Gasteiger partial charge in [-0.15, -0.1) is 0 Å². The van der Waals surface area contributed by atoms with Crippen LogP contribution in [0.25, 0.3) is 0 Å². The van der Waals surface area contributed by atoms with Crippen molar-refractivity contribution in [2.75, 3.05) is 6.54 Å². The lowest BCUT2D eigenvalue weighted by Gasteiger charge is -2.23. The first-order valence-corrected chi connectivity index (χ1v) is 5.03. The van der Waals surface area contributed by atoms with Gasteiger partial charge in [0.2, 0.25) is 0 Å². The van der Waals surface area contributed by atoms with Crippen molar-refractivity contribution < 1.29 is 9.18 Å². The molecule has 2 fully saturated rings. The van der Waals surface area contributed by atoms with Crippen LogP contribution in [0.3, 0.4) is 0 Å². The number of halogens is 1. The standard InChI is InChI=1S/C10H16FNO/c1-7-5-8(2)12(6-7)9(13)10(11)3-4-10/h7-8H,3-6H2,1-2H3/t7-,8+/m1/s1. The van der Waals surface area contributed by atoms with Crippen LogP contribution in [0.15, 0.2) is 0 Å². The highest BCUT2D eigenvalue weighted by Gasteiger charge is 2.54. The van der Waals surface area contributed by atoms with Crippen LogP contribution in [0, 0.1) is 5.92 Å². The Bertz CT molecular complexity index is 237. The van der Waals surface area contributed by atoms with Gasteiger partial charge in [-0.3, -0.25) is 4.79 Å². The summed E-state index contributed by atoms with van der Waals surface area (Å²) in [4.78, 5) is 13.4. The second-order valence-electron chi connectivity index (χ2n) is 4.61. The number of hydrogen-bond acceptors (Lipinski definition) is 1. The first kappa shape index (κ1) is 8.97. The molecular formula is C10H16FNO. The van der Waals surface area contributed by atoms with Crippen molar-refractivity contribution >= 4 is 5.91 Å². The van der Waals surface area contributed by atoms with Crippen molar-refractivity contribution in [2.45, 2.75) is 44.8 Å². The molecule has 0 N–H and O–H groups in total. The van der Waals surface area contributed by atoms with Gasteiger partial charge in [-0.1, -0.05) is 6.92 Å². The molecule has 74 valence electrons. The fourth-order valence-electron chi connectivity index (χ4n) is 2.16. The van der Waals surface area contributed by atoms with Crippen LogP contribution in [0.4, 0.5) is 4.39 Å². The van der Waals surface area contributed by atoms with Gasteiger partial charge in [0, 0.05) is 12.6 Å². The molecule has 2 aliphatic rings. The van der Waals surface area contributed by atoms with Crippen molar-refractivity contribution in [3.8, 4) is 0 Å². The van der Waals surface area contributed by atoms with E-state index in [4.69, 9.17) is 0 Å². The third kappa shape index (κ3) is 1.45. The molecule has 0 aromatic rings. The summed E-state index contributed by atoms with van der Waals surface area (Å²) in [7, 11) is 0. The zero-order valence-corrected chi connectivity index (χ0v) is 8.22. The quantitative estimate of drug-likeness (QED) is 0.609. The second kappa shape index (κ2) is 2.69. The molecule has 1 saturated carbocycles. The minimum atomic E-state index is -1.47. The zero-order chi connectivity index (χ0) is 9.64. The molecule has 0 aromatic carbocycles. The number of nitrogens with zero attached hydrogens (tertiary/aromatic N) is 1. The molecule has 1 aliphatic heterocycles. The largest absolute Gasteiger partial charge is 0.337 e. The topological polar surface area (TPSA) is 20.3 Å². The van der Waals surface area contributed by atoms with Crippen LogP contribution in [0.1, 0.15) is 33.1 Å². The first-order chi connectivity index (χ1) is 6.03. The molecule has 2 nitrogen and oxygen atoms in total. The molecule has 0 unspecified atom stereocenters. The predicted octanol–water partition coefficient (Wildman–Crippen LogP) is 1.75. The fraction of sp³-hybridized carbons (Fsp3) is 0.900. The summed E-state index contributed by atoms with van der Waals surface area (Å²) < 4.78 is 13.5. The Hall–Kier alpha value is -0.600. The third-order valence-corrected chi connectivity index (χ3v) is 3.12. The van der Waals surface area contributed by atoms with E-state index < -0.39 is 5.67 Å².